The van der Waals surface area contributed by atoms with Crippen LogP contribution in [0.3, 0.4) is 0 Å². The Hall–Kier alpha value is -1.73. The van der Waals surface area contributed by atoms with Gasteiger partial charge in [-0.1, -0.05) is 12.1 Å². The van der Waals surface area contributed by atoms with E-state index < -0.39 is 0 Å². The van der Waals surface area contributed by atoms with Crippen molar-refractivity contribution in [3.8, 4) is 11.6 Å². The van der Waals surface area contributed by atoms with E-state index in [1.165, 1.54) is 0 Å². The fourth-order valence-corrected chi connectivity index (χ4v) is 2.10. The molecule has 1 N–H and O–H groups in total. The number of aryl methyl sites for hydroxylation is 2. The van der Waals surface area contributed by atoms with Crippen LogP contribution < -0.4 is 5.32 Å². The van der Waals surface area contributed by atoms with E-state index >= 15 is 0 Å². The number of morpholine rings is 1. The van der Waals surface area contributed by atoms with Crippen LogP contribution in [-0.4, -0.2) is 39.6 Å². The Morgan fingerprint density at radius 2 is 2.42 bits per heavy atom. The average Bonchev–Trinajstić information content (AvgIpc) is 3.06. The van der Waals surface area contributed by atoms with Crippen molar-refractivity contribution in [3.05, 3.63) is 17.6 Å². The Morgan fingerprint density at radius 1 is 1.53 bits per heavy atom. The van der Waals surface area contributed by atoms with Crippen molar-refractivity contribution in [2.24, 2.45) is 7.05 Å². The van der Waals surface area contributed by atoms with Gasteiger partial charge >= 0.3 is 0 Å². The minimum atomic E-state index is -0.134. The molecule has 0 aliphatic carbocycles. The van der Waals surface area contributed by atoms with Crippen molar-refractivity contribution in [1.82, 2.24) is 25.2 Å². The van der Waals surface area contributed by atoms with Crippen LogP contribution in [0.4, 0.5) is 0 Å². The van der Waals surface area contributed by atoms with Crippen LogP contribution in [0.1, 0.15) is 24.5 Å². The molecule has 102 valence electrons. The van der Waals surface area contributed by atoms with Crippen LogP contribution in [0.15, 0.2) is 10.6 Å². The van der Waals surface area contributed by atoms with E-state index in [4.69, 9.17) is 9.26 Å². The highest BCUT2D eigenvalue weighted by molar-refractivity contribution is 5.47. The van der Waals surface area contributed by atoms with E-state index in [0.717, 1.165) is 24.4 Å². The summed E-state index contributed by atoms with van der Waals surface area (Å²) in [5.41, 5.74) is 1.84. The minimum Gasteiger partial charge on any atom is -0.367 e. The lowest BCUT2D eigenvalue weighted by atomic mass is 10.3. The summed E-state index contributed by atoms with van der Waals surface area (Å²) in [6.45, 7) is 4.31. The lowest BCUT2D eigenvalue weighted by molar-refractivity contribution is 0.0208. The molecule has 3 rings (SSSR count). The molecule has 7 heteroatoms. The zero-order chi connectivity index (χ0) is 13.2. The highest BCUT2D eigenvalue weighted by Gasteiger charge is 2.23. The summed E-state index contributed by atoms with van der Waals surface area (Å²) in [7, 11) is 1.87. The van der Waals surface area contributed by atoms with Crippen molar-refractivity contribution in [2.45, 2.75) is 19.4 Å². The van der Waals surface area contributed by atoms with Crippen molar-refractivity contribution in [1.29, 1.82) is 0 Å². The van der Waals surface area contributed by atoms with Gasteiger partial charge in [-0.25, -0.2) is 0 Å². The number of hydrogen-bond donors (Lipinski definition) is 1. The van der Waals surface area contributed by atoms with E-state index in [0.29, 0.717) is 24.9 Å². The monoisotopic (exact) mass is 263 g/mol. The van der Waals surface area contributed by atoms with Gasteiger partial charge in [0.1, 0.15) is 11.8 Å². The summed E-state index contributed by atoms with van der Waals surface area (Å²) < 4.78 is 12.7. The first kappa shape index (κ1) is 12.3. The zero-order valence-corrected chi connectivity index (χ0v) is 11.1. The van der Waals surface area contributed by atoms with Gasteiger partial charge in [0.15, 0.2) is 0 Å². The molecule has 1 aliphatic heterocycles. The van der Waals surface area contributed by atoms with Gasteiger partial charge in [0.05, 0.1) is 12.3 Å². The number of rotatable bonds is 3. The predicted molar refractivity (Wildman–Crippen MR) is 67.4 cm³/mol. The van der Waals surface area contributed by atoms with E-state index in [1.54, 1.807) is 4.68 Å². The highest BCUT2D eigenvalue weighted by Crippen LogP contribution is 2.22. The topological polar surface area (TPSA) is 78.0 Å². The van der Waals surface area contributed by atoms with Crippen LogP contribution in [0, 0.1) is 0 Å². The molecule has 0 aromatic carbocycles. The standard InChI is InChI=1S/C12H17N5O2/c1-3-8-6-9(17(2)15-8)12-14-11(16-19-12)10-7-13-4-5-18-10/h6,10,13H,3-5,7H2,1-2H3. The molecule has 3 heterocycles. The third-order valence-electron chi connectivity index (χ3n) is 3.17. The molecule has 2 aromatic rings. The first-order chi connectivity index (χ1) is 9.28. The summed E-state index contributed by atoms with van der Waals surface area (Å²) in [6.07, 6.45) is 0.745. The maximum Gasteiger partial charge on any atom is 0.276 e. The van der Waals surface area contributed by atoms with Crippen molar-refractivity contribution in [3.63, 3.8) is 0 Å². The van der Waals surface area contributed by atoms with Crippen LogP contribution in [0.2, 0.25) is 0 Å². The first-order valence-electron chi connectivity index (χ1n) is 6.47. The largest absolute Gasteiger partial charge is 0.367 e. The lowest BCUT2D eigenvalue weighted by Gasteiger charge is -2.20. The maximum absolute atomic E-state index is 5.60. The van der Waals surface area contributed by atoms with E-state index in [9.17, 15) is 0 Å². The third kappa shape index (κ3) is 2.39. The Balaban J connectivity index is 1.85. The number of ether oxygens (including phenoxy) is 1. The van der Waals surface area contributed by atoms with Crippen LogP contribution in [0.25, 0.3) is 11.6 Å². The Bertz CT molecular complexity index is 556. The summed E-state index contributed by atoms with van der Waals surface area (Å²) in [5, 5.41) is 11.6. The number of hydrogen-bond acceptors (Lipinski definition) is 6. The first-order valence-corrected chi connectivity index (χ1v) is 6.47. The summed E-state index contributed by atoms with van der Waals surface area (Å²) >= 11 is 0. The van der Waals surface area contributed by atoms with Crippen molar-refractivity contribution in [2.75, 3.05) is 19.7 Å². The molecule has 0 radical (unpaired) electrons. The molecular weight excluding hydrogens is 246 g/mol. The molecule has 1 unspecified atom stereocenters. The molecule has 1 aliphatic rings. The molecule has 0 amide bonds. The molecule has 7 nitrogen and oxygen atoms in total. The quantitative estimate of drug-likeness (QED) is 0.878. The van der Waals surface area contributed by atoms with Gasteiger partial charge in [-0.15, -0.1) is 0 Å². The predicted octanol–water partition coefficient (Wildman–Crippen LogP) is 0.693. The Labute approximate surface area is 110 Å². The molecule has 2 aromatic heterocycles. The molecule has 1 saturated heterocycles. The van der Waals surface area contributed by atoms with E-state index in [-0.39, 0.29) is 6.10 Å². The fourth-order valence-electron chi connectivity index (χ4n) is 2.10. The van der Waals surface area contributed by atoms with Gasteiger partial charge in [0, 0.05) is 20.1 Å². The maximum atomic E-state index is 5.60. The molecule has 1 fully saturated rings. The van der Waals surface area contributed by atoms with Gasteiger partial charge in [0.25, 0.3) is 5.89 Å². The smallest absolute Gasteiger partial charge is 0.276 e. The Kier molecular flexibility index (Phi) is 3.31. The fraction of sp³-hybridized carbons (Fsp3) is 0.583. The molecular formula is C12H17N5O2. The number of nitrogens with one attached hydrogen (secondary N) is 1. The number of nitrogens with zero attached hydrogens (tertiary/aromatic N) is 4. The highest BCUT2D eigenvalue weighted by atomic mass is 16.5. The van der Waals surface area contributed by atoms with Crippen LogP contribution >= 0.6 is 0 Å². The third-order valence-corrected chi connectivity index (χ3v) is 3.17. The molecule has 0 bridgehead atoms. The molecule has 19 heavy (non-hydrogen) atoms. The lowest BCUT2D eigenvalue weighted by Crippen LogP contribution is -2.33. The molecule has 0 saturated carbocycles. The van der Waals surface area contributed by atoms with Crippen LogP contribution in [0.5, 0.6) is 0 Å². The van der Waals surface area contributed by atoms with E-state index in [2.05, 4.69) is 27.5 Å². The average molecular weight is 263 g/mol. The van der Waals surface area contributed by atoms with E-state index in [1.807, 2.05) is 13.1 Å². The summed E-state index contributed by atoms with van der Waals surface area (Å²) in [5.74, 6) is 1.07. The Morgan fingerprint density at radius 3 is 3.11 bits per heavy atom. The molecule has 1 atom stereocenters. The van der Waals surface area contributed by atoms with Crippen molar-refractivity contribution < 1.29 is 9.26 Å². The van der Waals surface area contributed by atoms with Gasteiger partial charge in [-0.3, -0.25) is 4.68 Å². The van der Waals surface area contributed by atoms with Gasteiger partial charge < -0.3 is 14.6 Å². The van der Waals surface area contributed by atoms with Gasteiger partial charge in [-0.2, -0.15) is 10.1 Å². The number of aromatic nitrogens is 4. The normalized spacial score (nSPS) is 19.8. The SMILES string of the molecule is CCc1cc(-c2nc(C3CNCCO3)no2)n(C)n1. The van der Waals surface area contributed by atoms with Crippen LogP contribution in [-0.2, 0) is 18.2 Å². The summed E-state index contributed by atoms with van der Waals surface area (Å²) in [6, 6.07) is 1.97. The minimum absolute atomic E-state index is 0.134. The summed E-state index contributed by atoms with van der Waals surface area (Å²) in [4.78, 5) is 4.41. The second kappa shape index (κ2) is 5.10. The van der Waals surface area contributed by atoms with Crippen molar-refractivity contribution >= 4 is 0 Å². The second-order valence-corrected chi connectivity index (χ2v) is 4.52. The van der Waals surface area contributed by atoms with Gasteiger partial charge in [0.2, 0.25) is 5.82 Å². The van der Waals surface area contributed by atoms with Gasteiger partial charge in [-0.05, 0) is 12.5 Å². The second-order valence-electron chi connectivity index (χ2n) is 4.52. The molecule has 0 spiro atoms. The zero-order valence-electron chi connectivity index (χ0n) is 11.1.